The van der Waals surface area contributed by atoms with Gasteiger partial charge in [-0.1, -0.05) is 29.8 Å². The standard InChI is InChI=1S/C18H22N2O/c1-13-4-3-5-15(12-13)7-6-14(2)20-17-10-8-16(9-11-17)18(19)21/h3-5,8-12,14,20H,6-7H2,1-2H3,(H2,19,21). The van der Waals surface area contributed by atoms with Crippen LogP contribution in [0.2, 0.25) is 0 Å². The van der Waals surface area contributed by atoms with Crippen molar-refractivity contribution in [2.24, 2.45) is 5.73 Å². The van der Waals surface area contributed by atoms with Crippen molar-refractivity contribution in [1.82, 2.24) is 0 Å². The third kappa shape index (κ3) is 4.63. The SMILES string of the molecule is Cc1cccc(CCC(C)Nc2ccc(C(N)=O)cc2)c1. The Bertz CT molecular complexity index is 605. The minimum atomic E-state index is -0.394. The van der Waals surface area contributed by atoms with E-state index in [1.165, 1.54) is 11.1 Å². The summed E-state index contributed by atoms with van der Waals surface area (Å²) in [5.74, 6) is -0.394. The van der Waals surface area contributed by atoms with Crippen molar-refractivity contribution < 1.29 is 4.79 Å². The summed E-state index contributed by atoms with van der Waals surface area (Å²) in [7, 11) is 0. The lowest BCUT2D eigenvalue weighted by Gasteiger charge is -2.15. The van der Waals surface area contributed by atoms with Crippen LogP contribution in [-0.4, -0.2) is 11.9 Å². The Hall–Kier alpha value is -2.29. The van der Waals surface area contributed by atoms with Crippen LogP contribution in [0.25, 0.3) is 0 Å². The lowest BCUT2D eigenvalue weighted by atomic mass is 10.0. The Balaban J connectivity index is 1.86. The molecular formula is C18H22N2O. The summed E-state index contributed by atoms with van der Waals surface area (Å²) in [6.45, 7) is 4.28. The third-order valence-electron chi connectivity index (χ3n) is 3.53. The number of amides is 1. The number of hydrogen-bond donors (Lipinski definition) is 2. The molecule has 2 aromatic carbocycles. The Morgan fingerprint density at radius 2 is 1.90 bits per heavy atom. The van der Waals surface area contributed by atoms with Crippen LogP contribution in [-0.2, 0) is 6.42 Å². The first kappa shape index (κ1) is 15.1. The molecule has 0 bridgehead atoms. The van der Waals surface area contributed by atoms with Gasteiger partial charge in [0.05, 0.1) is 0 Å². The Kier molecular flexibility index (Phi) is 4.99. The molecule has 0 spiro atoms. The zero-order valence-electron chi connectivity index (χ0n) is 12.6. The topological polar surface area (TPSA) is 55.1 Å². The van der Waals surface area contributed by atoms with Gasteiger partial charge in [-0.15, -0.1) is 0 Å². The highest BCUT2D eigenvalue weighted by Gasteiger charge is 2.04. The molecule has 3 nitrogen and oxygen atoms in total. The molecule has 0 fully saturated rings. The smallest absolute Gasteiger partial charge is 0.248 e. The molecule has 2 rings (SSSR count). The number of anilines is 1. The lowest BCUT2D eigenvalue weighted by molar-refractivity contribution is 0.100. The molecule has 3 N–H and O–H groups in total. The molecule has 1 amide bonds. The monoisotopic (exact) mass is 282 g/mol. The zero-order chi connectivity index (χ0) is 15.2. The van der Waals surface area contributed by atoms with Crippen LogP contribution in [0.5, 0.6) is 0 Å². The second-order valence-corrected chi connectivity index (χ2v) is 5.51. The summed E-state index contributed by atoms with van der Waals surface area (Å²) >= 11 is 0. The number of rotatable bonds is 6. The molecule has 0 saturated heterocycles. The van der Waals surface area contributed by atoms with Gasteiger partial charge in [-0.2, -0.15) is 0 Å². The van der Waals surface area contributed by atoms with Crippen molar-refractivity contribution in [1.29, 1.82) is 0 Å². The zero-order valence-corrected chi connectivity index (χ0v) is 12.6. The summed E-state index contributed by atoms with van der Waals surface area (Å²) in [5, 5.41) is 3.44. The number of benzene rings is 2. The second-order valence-electron chi connectivity index (χ2n) is 5.51. The highest BCUT2D eigenvalue weighted by Crippen LogP contribution is 2.14. The van der Waals surface area contributed by atoms with Gasteiger partial charge in [0, 0.05) is 17.3 Å². The first-order chi connectivity index (χ1) is 10.0. The van der Waals surface area contributed by atoms with Crippen molar-refractivity contribution in [2.75, 3.05) is 5.32 Å². The average molecular weight is 282 g/mol. The first-order valence-electron chi connectivity index (χ1n) is 7.26. The normalized spacial score (nSPS) is 11.9. The summed E-state index contributed by atoms with van der Waals surface area (Å²) in [6, 6.07) is 16.3. The van der Waals surface area contributed by atoms with Crippen molar-refractivity contribution in [3.63, 3.8) is 0 Å². The maximum Gasteiger partial charge on any atom is 0.248 e. The number of carbonyl (C=O) groups excluding carboxylic acids is 1. The number of aryl methyl sites for hydroxylation is 2. The van der Waals surface area contributed by atoms with Crippen LogP contribution in [0.1, 0.15) is 34.8 Å². The molecule has 1 unspecified atom stereocenters. The molecule has 21 heavy (non-hydrogen) atoms. The highest BCUT2D eigenvalue weighted by molar-refractivity contribution is 5.93. The molecule has 3 heteroatoms. The van der Waals surface area contributed by atoms with Crippen molar-refractivity contribution >= 4 is 11.6 Å². The van der Waals surface area contributed by atoms with E-state index in [-0.39, 0.29) is 0 Å². The quantitative estimate of drug-likeness (QED) is 0.851. The van der Waals surface area contributed by atoms with E-state index in [9.17, 15) is 4.79 Å². The van der Waals surface area contributed by atoms with E-state index in [2.05, 4.69) is 43.4 Å². The van der Waals surface area contributed by atoms with Gasteiger partial charge in [0.1, 0.15) is 0 Å². The molecule has 0 heterocycles. The third-order valence-corrected chi connectivity index (χ3v) is 3.53. The molecule has 0 radical (unpaired) electrons. The van der Waals surface area contributed by atoms with Gasteiger partial charge >= 0.3 is 0 Å². The molecular weight excluding hydrogens is 260 g/mol. The van der Waals surface area contributed by atoms with E-state index in [4.69, 9.17) is 5.73 Å². The predicted octanol–water partition coefficient (Wildman–Crippen LogP) is 3.53. The highest BCUT2D eigenvalue weighted by atomic mass is 16.1. The summed E-state index contributed by atoms with van der Waals surface area (Å²) in [6.07, 6.45) is 2.11. The predicted molar refractivity (Wildman–Crippen MR) is 87.5 cm³/mol. The van der Waals surface area contributed by atoms with E-state index >= 15 is 0 Å². The van der Waals surface area contributed by atoms with Gasteiger partial charge in [-0.3, -0.25) is 4.79 Å². The van der Waals surface area contributed by atoms with Gasteiger partial charge in [0.2, 0.25) is 5.91 Å². The molecule has 0 aliphatic rings. The average Bonchev–Trinajstić information content (AvgIpc) is 2.46. The summed E-state index contributed by atoms with van der Waals surface area (Å²) in [4.78, 5) is 11.0. The molecule has 0 aromatic heterocycles. The minimum Gasteiger partial charge on any atom is -0.383 e. The number of nitrogens with one attached hydrogen (secondary N) is 1. The van der Waals surface area contributed by atoms with Crippen molar-refractivity contribution in [2.45, 2.75) is 32.7 Å². The fraction of sp³-hybridized carbons (Fsp3) is 0.278. The number of hydrogen-bond acceptors (Lipinski definition) is 2. The van der Waals surface area contributed by atoms with Gasteiger partial charge in [0.25, 0.3) is 0 Å². The summed E-state index contributed by atoms with van der Waals surface area (Å²) in [5.41, 5.74) is 9.45. The molecule has 0 aliphatic heterocycles. The molecule has 1 atom stereocenters. The molecule has 2 aromatic rings. The maximum atomic E-state index is 11.0. The van der Waals surface area contributed by atoms with Crippen LogP contribution >= 0.6 is 0 Å². The van der Waals surface area contributed by atoms with Crippen LogP contribution in [0, 0.1) is 6.92 Å². The van der Waals surface area contributed by atoms with Crippen molar-refractivity contribution in [3.8, 4) is 0 Å². The van der Waals surface area contributed by atoms with Gasteiger partial charge in [-0.05, 0) is 56.5 Å². The number of carbonyl (C=O) groups is 1. The number of primary amides is 1. The van der Waals surface area contributed by atoms with E-state index in [1.807, 2.05) is 12.1 Å². The van der Waals surface area contributed by atoms with E-state index in [0.29, 0.717) is 11.6 Å². The van der Waals surface area contributed by atoms with Crippen LogP contribution in [0.15, 0.2) is 48.5 Å². The second kappa shape index (κ2) is 6.93. The lowest BCUT2D eigenvalue weighted by Crippen LogP contribution is -2.16. The van der Waals surface area contributed by atoms with Gasteiger partial charge in [0.15, 0.2) is 0 Å². The first-order valence-corrected chi connectivity index (χ1v) is 7.26. The maximum absolute atomic E-state index is 11.0. The Labute approximate surface area is 126 Å². The molecule has 0 aliphatic carbocycles. The van der Waals surface area contributed by atoms with E-state index in [1.54, 1.807) is 12.1 Å². The van der Waals surface area contributed by atoms with Crippen LogP contribution in [0.4, 0.5) is 5.69 Å². The molecule has 110 valence electrons. The fourth-order valence-corrected chi connectivity index (χ4v) is 2.34. The summed E-state index contributed by atoms with van der Waals surface area (Å²) < 4.78 is 0. The molecule has 0 saturated carbocycles. The van der Waals surface area contributed by atoms with Crippen LogP contribution in [0.3, 0.4) is 0 Å². The van der Waals surface area contributed by atoms with E-state index in [0.717, 1.165) is 18.5 Å². The largest absolute Gasteiger partial charge is 0.383 e. The number of nitrogens with two attached hydrogens (primary N) is 1. The minimum absolute atomic E-state index is 0.366. The van der Waals surface area contributed by atoms with Crippen LogP contribution < -0.4 is 11.1 Å². The Morgan fingerprint density at radius 3 is 2.52 bits per heavy atom. The van der Waals surface area contributed by atoms with Gasteiger partial charge < -0.3 is 11.1 Å². The van der Waals surface area contributed by atoms with E-state index < -0.39 is 5.91 Å². The van der Waals surface area contributed by atoms with Crippen molar-refractivity contribution in [3.05, 3.63) is 65.2 Å². The van der Waals surface area contributed by atoms with Gasteiger partial charge in [-0.25, -0.2) is 0 Å². The Morgan fingerprint density at radius 1 is 1.19 bits per heavy atom. The fourth-order valence-electron chi connectivity index (χ4n) is 2.34.